The van der Waals surface area contributed by atoms with Crippen molar-refractivity contribution >= 4 is 23.1 Å². The van der Waals surface area contributed by atoms with Crippen LogP contribution in [0.3, 0.4) is 0 Å². The summed E-state index contributed by atoms with van der Waals surface area (Å²) < 4.78 is 7.32. The van der Waals surface area contributed by atoms with Crippen LogP contribution in [0, 0.1) is 20.8 Å². The van der Waals surface area contributed by atoms with Gasteiger partial charge in [0.05, 0.1) is 11.4 Å². The van der Waals surface area contributed by atoms with Gasteiger partial charge in [-0.2, -0.15) is 0 Å². The summed E-state index contributed by atoms with van der Waals surface area (Å²) in [6, 6.07) is 7.36. The van der Waals surface area contributed by atoms with E-state index in [-0.39, 0.29) is 12.4 Å². The number of pyridine rings is 1. The first-order chi connectivity index (χ1) is 12.9. The molecule has 0 bridgehead atoms. The number of hydrogen-bond donors (Lipinski definition) is 0. The van der Waals surface area contributed by atoms with Crippen molar-refractivity contribution in [2.75, 3.05) is 6.61 Å². The summed E-state index contributed by atoms with van der Waals surface area (Å²) in [6.45, 7) is 8.14. The highest BCUT2D eigenvalue weighted by molar-refractivity contribution is 7.17. The van der Waals surface area contributed by atoms with Crippen molar-refractivity contribution in [2.45, 2.75) is 34.2 Å². The number of ketones is 1. The minimum absolute atomic E-state index is 0.205. The lowest BCUT2D eigenvalue weighted by atomic mass is 10.1. The largest absolute Gasteiger partial charge is 0.453 e. The molecule has 7 heteroatoms. The first-order valence-corrected chi connectivity index (χ1v) is 9.49. The summed E-state index contributed by atoms with van der Waals surface area (Å²) in [6.07, 6.45) is 1.68. The van der Waals surface area contributed by atoms with Crippen molar-refractivity contribution in [1.82, 2.24) is 14.5 Å². The molecule has 0 saturated carbocycles. The molecular formula is C20H21N3O3S. The highest BCUT2D eigenvalue weighted by atomic mass is 32.1. The monoisotopic (exact) mass is 383 g/mol. The minimum atomic E-state index is -0.537. The van der Waals surface area contributed by atoms with Gasteiger partial charge >= 0.3 is 5.97 Å². The van der Waals surface area contributed by atoms with Gasteiger partial charge in [-0.05, 0) is 45.9 Å². The quantitative estimate of drug-likeness (QED) is 0.475. The molecule has 0 N–H and O–H groups in total. The van der Waals surface area contributed by atoms with E-state index in [0.29, 0.717) is 26.8 Å². The highest BCUT2D eigenvalue weighted by Crippen LogP contribution is 2.27. The van der Waals surface area contributed by atoms with Gasteiger partial charge in [0.1, 0.15) is 9.88 Å². The minimum Gasteiger partial charge on any atom is -0.453 e. The van der Waals surface area contributed by atoms with Gasteiger partial charge in [-0.15, -0.1) is 11.3 Å². The fourth-order valence-electron chi connectivity index (χ4n) is 3.03. The average Bonchev–Trinajstić information content (AvgIpc) is 3.19. The molecular weight excluding hydrogens is 362 g/mol. The lowest BCUT2D eigenvalue weighted by molar-refractivity contribution is 0.0478. The van der Waals surface area contributed by atoms with E-state index in [9.17, 15) is 9.59 Å². The normalized spacial score (nSPS) is 10.8. The first-order valence-electron chi connectivity index (χ1n) is 8.68. The lowest BCUT2D eigenvalue weighted by Crippen LogP contribution is -2.15. The summed E-state index contributed by atoms with van der Waals surface area (Å²) >= 11 is 1.22. The summed E-state index contributed by atoms with van der Waals surface area (Å²) in [5, 5.41) is 0.651. The third kappa shape index (κ3) is 3.83. The van der Waals surface area contributed by atoms with Crippen LogP contribution in [0.15, 0.2) is 30.5 Å². The number of ether oxygens (including phenoxy) is 1. The molecule has 0 fully saturated rings. The van der Waals surface area contributed by atoms with Crippen molar-refractivity contribution in [2.24, 2.45) is 0 Å². The summed E-state index contributed by atoms with van der Waals surface area (Å²) in [4.78, 5) is 33.9. The number of thiazole rings is 1. The molecule has 3 heterocycles. The smallest absolute Gasteiger partial charge is 0.350 e. The number of carbonyl (C=O) groups excluding carboxylic acids is 2. The Bertz CT molecular complexity index is 990. The first kappa shape index (κ1) is 19.0. The zero-order valence-electron chi connectivity index (χ0n) is 15.8. The van der Waals surface area contributed by atoms with Crippen LogP contribution in [0.4, 0.5) is 0 Å². The van der Waals surface area contributed by atoms with E-state index in [1.807, 2.05) is 45.0 Å². The van der Waals surface area contributed by atoms with Crippen molar-refractivity contribution in [3.63, 3.8) is 0 Å². The van der Waals surface area contributed by atoms with Gasteiger partial charge < -0.3 is 9.30 Å². The number of hydrogen-bond acceptors (Lipinski definition) is 6. The molecule has 0 saturated heterocycles. The van der Waals surface area contributed by atoms with Crippen LogP contribution in [-0.4, -0.2) is 32.9 Å². The average molecular weight is 383 g/mol. The number of nitrogens with zero attached hydrogens (tertiary/aromatic N) is 3. The number of Topliss-reactive ketones (excluding diaryl/α,β-unsaturated/α-hetero) is 1. The van der Waals surface area contributed by atoms with Crippen molar-refractivity contribution in [3.8, 4) is 10.7 Å². The molecule has 0 radical (unpaired) electrons. The molecule has 0 spiro atoms. The number of rotatable bonds is 6. The van der Waals surface area contributed by atoms with Gasteiger partial charge in [-0.1, -0.05) is 6.07 Å². The molecule has 3 rings (SSSR count). The Morgan fingerprint density at radius 2 is 2.00 bits per heavy atom. The molecule has 0 atom stereocenters. The van der Waals surface area contributed by atoms with E-state index < -0.39 is 5.97 Å². The molecule has 27 heavy (non-hydrogen) atoms. The van der Waals surface area contributed by atoms with Crippen LogP contribution in [0.25, 0.3) is 10.7 Å². The standard InChI is InChI=1S/C20H21N3O3S/c1-5-23-12(2)10-15(14(23)4)17(24)11-26-20(25)18-13(3)22-19(27-18)16-8-6-7-9-21-16/h6-10H,5,11H2,1-4H3. The van der Waals surface area contributed by atoms with Gasteiger partial charge in [0.15, 0.2) is 6.61 Å². The number of carbonyl (C=O) groups is 2. The summed E-state index contributed by atoms with van der Waals surface area (Å²) in [7, 11) is 0. The van der Waals surface area contributed by atoms with Gasteiger partial charge in [-0.25, -0.2) is 9.78 Å². The molecule has 0 unspecified atom stereocenters. The van der Waals surface area contributed by atoms with Crippen molar-refractivity contribution < 1.29 is 14.3 Å². The number of esters is 1. The van der Waals surface area contributed by atoms with Gasteiger partial charge in [0.25, 0.3) is 0 Å². The highest BCUT2D eigenvalue weighted by Gasteiger charge is 2.21. The molecule has 3 aromatic heterocycles. The summed E-state index contributed by atoms with van der Waals surface area (Å²) in [5.41, 5.74) is 3.78. The Morgan fingerprint density at radius 1 is 1.22 bits per heavy atom. The predicted octanol–water partition coefficient (Wildman–Crippen LogP) is 3.99. The maximum atomic E-state index is 12.5. The lowest BCUT2D eigenvalue weighted by Gasteiger charge is -2.06. The molecule has 0 aliphatic carbocycles. The topological polar surface area (TPSA) is 74.1 Å². The van der Waals surface area contributed by atoms with E-state index >= 15 is 0 Å². The van der Waals surface area contributed by atoms with Crippen LogP contribution >= 0.6 is 11.3 Å². The molecule has 0 aromatic carbocycles. The molecule has 0 amide bonds. The van der Waals surface area contributed by atoms with Gasteiger partial charge in [0, 0.05) is 29.7 Å². The Morgan fingerprint density at radius 3 is 2.63 bits per heavy atom. The molecule has 0 aliphatic rings. The van der Waals surface area contributed by atoms with Crippen molar-refractivity contribution in [3.05, 3.63) is 58.0 Å². The fraction of sp³-hybridized carbons (Fsp3) is 0.300. The Balaban J connectivity index is 1.71. The maximum absolute atomic E-state index is 12.5. The maximum Gasteiger partial charge on any atom is 0.350 e. The molecule has 3 aromatic rings. The third-order valence-corrected chi connectivity index (χ3v) is 5.55. The van der Waals surface area contributed by atoms with E-state index in [4.69, 9.17) is 4.74 Å². The van der Waals surface area contributed by atoms with Crippen LogP contribution in [0.1, 0.15) is 44.0 Å². The Labute approximate surface area is 161 Å². The number of aromatic nitrogens is 3. The van der Waals surface area contributed by atoms with Gasteiger partial charge in [0.2, 0.25) is 5.78 Å². The zero-order valence-corrected chi connectivity index (χ0v) is 16.6. The van der Waals surface area contributed by atoms with E-state index in [0.717, 1.165) is 17.9 Å². The van der Waals surface area contributed by atoms with Crippen LogP contribution < -0.4 is 0 Å². The SMILES string of the molecule is CCn1c(C)cc(C(=O)COC(=O)c2sc(-c3ccccn3)nc2C)c1C. The second-order valence-corrected chi connectivity index (χ2v) is 7.18. The Hall–Kier alpha value is -2.80. The third-order valence-electron chi connectivity index (χ3n) is 4.39. The zero-order chi connectivity index (χ0) is 19.6. The fourth-order valence-corrected chi connectivity index (χ4v) is 3.97. The Kier molecular flexibility index (Phi) is 5.51. The van der Waals surface area contributed by atoms with E-state index in [2.05, 4.69) is 14.5 Å². The van der Waals surface area contributed by atoms with Gasteiger partial charge in [-0.3, -0.25) is 9.78 Å². The second kappa shape index (κ2) is 7.84. The van der Waals surface area contributed by atoms with Crippen LogP contribution in [-0.2, 0) is 11.3 Å². The van der Waals surface area contributed by atoms with Crippen LogP contribution in [0.2, 0.25) is 0 Å². The van der Waals surface area contributed by atoms with Crippen LogP contribution in [0.5, 0.6) is 0 Å². The molecule has 0 aliphatic heterocycles. The molecule has 6 nitrogen and oxygen atoms in total. The molecule has 140 valence electrons. The second-order valence-electron chi connectivity index (χ2n) is 6.18. The van der Waals surface area contributed by atoms with E-state index in [1.165, 1.54) is 11.3 Å². The van der Waals surface area contributed by atoms with Crippen molar-refractivity contribution in [1.29, 1.82) is 0 Å². The number of aryl methyl sites for hydroxylation is 2. The van der Waals surface area contributed by atoms with E-state index in [1.54, 1.807) is 13.1 Å². The predicted molar refractivity (Wildman–Crippen MR) is 104 cm³/mol. The summed E-state index contributed by atoms with van der Waals surface area (Å²) in [5.74, 6) is -0.743.